The van der Waals surface area contributed by atoms with Crippen molar-refractivity contribution in [3.8, 4) is 0 Å². The van der Waals surface area contributed by atoms with E-state index < -0.39 is 31.1 Å². The molecule has 0 bridgehead atoms. The number of hydrogen-bond donors (Lipinski definition) is 4. The number of aromatic nitrogens is 5. The molecule has 1 saturated heterocycles. The lowest BCUT2D eigenvalue weighted by Crippen LogP contribution is -2.33. The van der Waals surface area contributed by atoms with Gasteiger partial charge in [0.2, 0.25) is 11.2 Å². The van der Waals surface area contributed by atoms with Gasteiger partial charge < -0.3 is 25.8 Å². The van der Waals surface area contributed by atoms with E-state index in [1.54, 1.807) is 0 Å². The van der Waals surface area contributed by atoms with Crippen molar-refractivity contribution in [1.82, 2.24) is 19.5 Å². The summed E-state index contributed by atoms with van der Waals surface area (Å²) in [4.78, 5) is 12.4. The standard InChI is InChI=1S/C11H12N6O5/c12-11-15-9-5-8(14-3-17(9)22-11)16(2-13-5)10-7(20)6(19)4(1-18)21-10/h2-4,6-7,10,12,18-20H,1H2/p+1/t4-,6-,7-,10-/m1/s1/i12+1,15+1. The van der Waals surface area contributed by atoms with Crippen LogP contribution in [-0.4, -0.2) is 59.8 Å². The summed E-state index contributed by atoms with van der Waals surface area (Å²) >= 11 is 0. The van der Waals surface area contributed by atoms with Gasteiger partial charge in [-0.25, -0.2) is 4.98 Å². The maximum Gasteiger partial charge on any atom is 0.406 e. The van der Waals surface area contributed by atoms with Crippen LogP contribution in [0.2, 0.25) is 0 Å². The first-order chi connectivity index (χ1) is 10.6. The number of fused-ring (bicyclic) bond motifs is 3. The molecule has 3 aromatic rings. The summed E-state index contributed by atoms with van der Waals surface area (Å²) in [6.07, 6.45) is -1.45. The summed E-state index contributed by atoms with van der Waals surface area (Å²) in [6, 6.07) is -0.0308. The van der Waals surface area contributed by atoms with E-state index in [9.17, 15) is 10.2 Å². The van der Waals surface area contributed by atoms with Crippen molar-refractivity contribution in [3.63, 3.8) is 0 Å². The van der Waals surface area contributed by atoms with Gasteiger partial charge in [0.25, 0.3) is 6.33 Å². The Hall–Kier alpha value is -2.34. The second kappa shape index (κ2) is 4.58. The molecule has 1 aliphatic heterocycles. The van der Waals surface area contributed by atoms with Crippen LogP contribution < -0.4 is 10.3 Å². The molecule has 0 spiro atoms. The lowest BCUT2D eigenvalue weighted by molar-refractivity contribution is -0.716. The summed E-state index contributed by atoms with van der Waals surface area (Å²) in [7, 11) is 0. The van der Waals surface area contributed by atoms with Crippen LogP contribution in [0.3, 0.4) is 0 Å². The first-order valence-electron chi connectivity index (χ1n) is 6.52. The summed E-state index contributed by atoms with van der Waals surface area (Å²) in [5.74, 6) is 0. The predicted molar refractivity (Wildman–Crippen MR) is 68.2 cm³/mol. The van der Waals surface area contributed by atoms with Crippen LogP contribution >= 0.6 is 0 Å². The summed E-state index contributed by atoms with van der Waals surface area (Å²) in [6.45, 7) is -0.408. The highest BCUT2D eigenvalue weighted by Gasteiger charge is 2.44. The Bertz CT molecular complexity index is 846. The molecule has 4 rings (SSSR count). The van der Waals surface area contributed by atoms with Gasteiger partial charge in [-0.2, -0.15) is 0 Å². The van der Waals surface area contributed by atoms with Gasteiger partial charge in [-0.3, -0.25) is 9.09 Å². The van der Waals surface area contributed by atoms with Gasteiger partial charge in [0.05, 0.1) is 6.61 Å². The van der Waals surface area contributed by atoms with E-state index in [2.05, 4.69) is 15.0 Å². The SMILES string of the molecule is [15NH2]c1[15n]c2c3ncn([C@@H]4O[C@H](CO)[C@@H](O)[C@H]4O)c3nc[n+]2o1. The Labute approximate surface area is 122 Å². The molecule has 4 heterocycles. The van der Waals surface area contributed by atoms with E-state index in [4.69, 9.17) is 20.1 Å². The van der Waals surface area contributed by atoms with Gasteiger partial charge in [-0.15, -0.1) is 0 Å². The molecule has 116 valence electrons. The minimum absolute atomic E-state index is 0.0308. The van der Waals surface area contributed by atoms with E-state index in [1.165, 1.54) is 21.8 Å². The number of aliphatic hydroxyl groups is 3. The van der Waals surface area contributed by atoms with Crippen molar-refractivity contribution in [2.45, 2.75) is 24.5 Å². The van der Waals surface area contributed by atoms with E-state index in [0.29, 0.717) is 16.8 Å². The molecule has 1 fully saturated rings. The highest BCUT2D eigenvalue weighted by molar-refractivity contribution is 5.82. The molecule has 0 radical (unpaired) electrons. The number of hydrogen-bond acceptors (Lipinski definition) is 9. The fraction of sp³-hybridized carbons (Fsp3) is 0.455. The summed E-state index contributed by atoms with van der Waals surface area (Å²) in [5, 5.41) is 29.1. The van der Waals surface area contributed by atoms with Crippen LogP contribution in [0.25, 0.3) is 16.8 Å². The third-order valence-corrected chi connectivity index (χ3v) is 3.67. The van der Waals surface area contributed by atoms with E-state index >= 15 is 0 Å². The quantitative estimate of drug-likeness (QED) is 0.293. The second-order valence-electron chi connectivity index (χ2n) is 4.99. The zero-order valence-corrected chi connectivity index (χ0v) is 11.1. The van der Waals surface area contributed by atoms with E-state index in [0.717, 1.165) is 0 Å². The third kappa shape index (κ3) is 1.70. The van der Waals surface area contributed by atoms with Crippen molar-refractivity contribution < 1.29 is 29.2 Å². The number of rotatable bonds is 2. The van der Waals surface area contributed by atoms with Gasteiger partial charge in [0.15, 0.2) is 6.23 Å². The lowest BCUT2D eigenvalue weighted by Gasteiger charge is -2.15. The molecule has 0 saturated carbocycles. The zero-order chi connectivity index (χ0) is 15.4. The normalized spacial score (nSPS) is 28.9. The van der Waals surface area contributed by atoms with Crippen LogP contribution in [0, 0.1) is 0 Å². The molecule has 22 heavy (non-hydrogen) atoms. The number of aliphatic hydroxyl groups excluding tert-OH is 3. The first kappa shape index (κ1) is 13.3. The molecule has 0 unspecified atom stereocenters. The van der Waals surface area contributed by atoms with Crippen LogP contribution in [0.15, 0.2) is 17.2 Å². The minimum atomic E-state index is -1.22. The highest BCUT2D eigenvalue weighted by atomic mass is 16.6. The molecule has 11 heteroatoms. The molecular formula is C11H13N6O5+. The molecular weight excluding hydrogens is 298 g/mol. The fourth-order valence-electron chi connectivity index (χ4n) is 2.60. The molecule has 5 N–H and O–H groups in total. The first-order valence-corrected chi connectivity index (χ1v) is 6.52. The number of nitrogen functional groups attached to an aromatic ring is 1. The van der Waals surface area contributed by atoms with E-state index in [1.807, 2.05) is 0 Å². The molecule has 11 nitrogen and oxygen atoms in total. The maximum absolute atomic E-state index is 10.1. The molecule has 4 atom stereocenters. The van der Waals surface area contributed by atoms with Crippen LogP contribution in [0.1, 0.15) is 6.23 Å². The Morgan fingerprint density at radius 3 is 2.86 bits per heavy atom. The number of anilines is 1. The number of nitrogens with two attached hydrogens (primary N) is 1. The third-order valence-electron chi connectivity index (χ3n) is 3.67. The smallest absolute Gasteiger partial charge is 0.394 e. The number of ether oxygens (including phenoxy) is 1. The van der Waals surface area contributed by atoms with Crippen molar-refractivity contribution in [2.75, 3.05) is 12.3 Å². The predicted octanol–water partition coefficient (Wildman–Crippen LogP) is -2.65. The Balaban J connectivity index is 1.84. The number of imidazole rings is 1. The van der Waals surface area contributed by atoms with Gasteiger partial charge in [-0.1, -0.05) is 4.98 Å². The average molecular weight is 311 g/mol. The molecule has 0 aliphatic carbocycles. The number of nitrogens with zero attached hydrogens (tertiary/aromatic N) is 5. The van der Waals surface area contributed by atoms with Gasteiger partial charge in [0, 0.05) is 0 Å². The van der Waals surface area contributed by atoms with Crippen LogP contribution in [-0.2, 0) is 4.74 Å². The highest BCUT2D eigenvalue weighted by Crippen LogP contribution is 2.31. The van der Waals surface area contributed by atoms with Crippen molar-refractivity contribution in [2.24, 2.45) is 0 Å². The van der Waals surface area contributed by atoms with Crippen molar-refractivity contribution in [1.29, 1.82) is 0 Å². The fourth-order valence-corrected chi connectivity index (χ4v) is 2.60. The summed E-state index contributed by atoms with van der Waals surface area (Å²) in [5.41, 5.74) is 6.65. The Morgan fingerprint density at radius 1 is 1.32 bits per heavy atom. The van der Waals surface area contributed by atoms with Gasteiger partial charge >= 0.3 is 11.7 Å². The van der Waals surface area contributed by atoms with Crippen molar-refractivity contribution in [3.05, 3.63) is 12.7 Å². The average Bonchev–Trinajstić information content (AvgIpc) is 3.15. The minimum Gasteiger partial charge on any atom is -0.394 e. The summed E-state index contributed by atoms with van der Waals surface area (Å²) < 4.78 is 13.3. The Morgan fingerprint density at radius 2 is 2.14 bits per heavy atom. The van der Waals surface area contributed by atoms with Gasteiger partial charge in [-0.05, 0) is 9.56 Å². The van der Waals surface area contributed by atoms with Crippen LogP contribution in [0.5, 0.6) is 0 Å². The monoisotopic (exact) mass is 311 g/mol. The van der Waals surface area contributed by atoms with E-state index in [-0.39, 0.29) is 6.01 Å². The molecule has 0 amide bonds. The maximum atomic E-state index is 10.1. The zero-order valence-electron chi connectivity index (χ0n) is 11.1. The van der Waals surface area contributed by atoms with Crippen LogP contribution in [0.4, 0.5) is 6.01 Å². The van der Waals surface area contributed by atoms with Gasteiger partial charge in [0.1, 0.15) is 24.6 Å². The molecule has 1 aliphatic rings. The molecule has 0 aromatic carbocycles. The topological polar surface area (TPSA) is 157 Å². The largest absolute Gasteiger partial charge is 0.406 e. The molecule has 3 aromatic heterocycles. The second-order valence-corrected chi connectivity index (χ2v) is 4.99. The van der Waals surface area contributed by atoms with Crippen molar-refractivity contribution >= 4 is 22.8 Å². The Kier molecular flexibility index (Phi) is 2.77. The lowest BCUT2D eigenvalue weighted by atomic mass is 10.1.